The molecule has 0 aromatic heterocycles. The van der Waals surface area contributed by atoms with E-state index >= 15 is 0 Å². The van der Waals surface area contributed by atoms with E-state index in [1.165, 1.54) is 83.5 Å². The molecule has 0 heterocycles. The molecule has 272 valence electrons. The van der Waals surface area contributed by atoms with E-state index in [1.54, 1.807) is 6.08 Å². The first-order chi connectivity index (χ1) is 24.1. The van der Waals surface area contributed by atoms with E-state index in [0.29, 0.717) is 6.42 Å². The summed E-state index contributed by atoms with van der Waals surface area (Å²) in [5.41, 5.74) is 0. The Morgan fingerprint density at radius 3 is 1.43 bits per heavy atom. The smallest absolute Gasteiger partial charge is 0.176 e. The van der Waals surface area contributed by atoms with Gasteiger partial charge in [0.2, 0.25) is 0 Å². The van der Waals surface area contributed by atoms with Crippen molar-refractivity contribution in [3.8, 4) is 48.4 Å². The second kappa shape index (κ2) is 39.5. The van der Waals surface area contributed by atoms with Crippen LogP contribution in [-0.4, -0.2) is 33.6 Å². The van der Waals surface area contributed by atoms with Crippen LogP contribution in [-0.2, 0) is 0 Å². The minimum Gasteiger partial charge on any atom is -0.389 e. The zero-order valence-electron chi connectivity index (χ0n) is 30.9. The highest BCUT2D eigenvalue weighted by molar-refractivity contribution is 5.19. The number of hydrogen-bond donors (Lipinski definition) is 3. The van der Waals surface area contributed by atoms with Crippen molar-refractivity contribution in [3.63, 3.8) is 0 Å². The van der Waals surface area contributed by atoms with Crippen LogP contribution in [0.25, 0.3) is 0 Å². The fraction of sp³-hybridized carbons (Fsp3) is 0.652. The molecule has 3 heteroatoms. The standard InChI is InChI=1S/C46H70O3/c1-3-5-6-7-8-9-10-11-12-13-14-15-16-17-18-19-20-21-22-23-27-30-35-40-45(48)42-37-32-33-38-43-46(49)41-36-31-28-25-24-26-29-34-39-44(47)4-2/h1-2,5-6,21-22,34-35,39-40,44-49H,7-20,23-33,37,42H2/b6-5-,22-21-,39-34+,40-35+/t44-,45+,46-/m1/s1. The van der Waals surface area contributed by atoms with Crippen molar-refractivity contribution in [1.82, 2.24) is 0 Å². The number of hydrogen-bond acceptors (Lipinski definition) is 3. The molecule has 3 N–H and O–H groups in total. The third kappa shape index (κ3) is 39.4. The predicted octanol–water partition coefficient (Wildman–Crippen LogP) is 11.1. The number of terminal acetylenes is 2. The van der Waals surface area contributed by atoms with Gasteiger partial charge in [0.05, 0.1) is 6.10 Å². The highest BCUT2D eigenvalue weighted by atomic mass is 16.3. The lowest BCUT2D eigenvalue weighted by Gasteiger charge is -2.03. The first kappa shape index (κ1) is 46.1. The fourth-order valence-corrected chi connectivity index (χ4v) is 5.43. The molecule has 0 saturated heterocycles. The van der Waals surface area contributed by atoms with E-state index < -0.39 is 12.2 Å². The summed E-state index contributed by atoms with van der Waals surface area (Å²) in [6.45, 7) is 0. The quantitative estimate of drug-likeness (QED) is 0.0391. The lowest BCUT2D eigenvalue weighted by molar-refractivity contribution is 0.208. The summed E-state index contributed by atoms with van der Waals surface area (Å²) in [4.78, 5) is 0. The Labute approximate surface area is 303 Å². The SMILES string of the molecule is C#C/C=C\CCCCCCCCCCCCCC/C=C\CCC/C=C/[C@H](O)CCCCC#C[C@H](O)C#CCCCCCC/C=C/[C@H](O)C#C. The van der Waals surface area contributed by atoms with Gasteiger partial charge < -0.3 is 15.3 Å². The third-order valence-electron chi connectivity index (χ3n) is 8.41. The molecule has 0 bridgehead atoms. The van der Waals surface area contributed by atoms with Crippen molar-refractivity contribution in [2.24, 2.45) is 0 Å². The monoisotopic (exact) mass is 671 g/mol. The Morgan fingerprint density at radius 2 is 0.878 bits per heavy atom. The van der Waals surface area contributed by atoms with Gasteiger partial charge in [-0.2, -0.15) is 0 Å². The molecule has 0 aliphatic rings. The Hall–Kier alpha value is -2.92. The van der Waals surface area contributed by atoms with Gasteiger partial charge in [0.25, 0.3) is 0 Å². The summed E-state index contributed by atoms with van der Waals surface area (Å²) >= 11 is 0. The maximum absolute atomic E-state index is 10.2. The molecule has 49 heavy (non-hydrogen) atoms. The summed E-state index contributed by atoms with van der Waals surface area (Å²) in [7, 11) is 0. The van der Waals surface area contributed by atoms with Crippen LogP contribution in [0.15, 0.2) is 48.6 Å². The number of allylic oxidation sites excluding steroid dienone is 6. The number of aliphatic hydroxyl groups excluding tert-OH is 3. The number of unbranched alkanes of at least 4 members (excludes halogenated alkanes) is 22. The van der Waals surface area contributed by atoms with Gasteiger partial charge in [-0.1, -0.05) is 149 Å². The minimum atomic E-state index is -0.884. The van der Waals surface area contributed by atoms with Gasteiger partial charge in [-0.05, 0) is 95.6 Å². The zero-order valence-corrected chi connectivity index (χ0v) is 30.9. The minimum absolute atomic E-state index is 0.388. The summed E-state index contributed by atoms with van der Waals surface area (Å²) < 4.78 is 0. The Kier molecular flexibility index (Phi) is 37.2. The van der Waals surface area contributed by atoms with E-state index in [4.69, 9.17) is 12.8 Å². The average Bonchev–Trinajstić information content (AvgIpc) is 3.10. The van der Waals surface area contributed by atoms with Crippen LogP contribution in [0.3, 0.4) is 0 Å². The van der Waals surface area contributed by atoms with Gasteiger partial charge >= 0.3 is 0 Å². The fourth-order valence-electron chi connectivity index (χ4n) is 5.43. The van der Waals surface area contributed by atoms with Gasteiger partial charge in [0.15, 0.2) is 6.10 Å². The zero-order chi connectivity index (χ0) is 35.7. The predicted molar refractivity (Wildman–Crippen MR) is 212 cm³/mol. The molecule has 0 aliphatic carbocycles. The summed E-state index contributed by atoms with van der Waals surface area (Å²) in [5, 5.41) is 29.3. The maximum Gasteiger partial charge on any atom is 0.176 e. The Bertz CT molecular complexity index is 1060. The van der Waals surface area contributed by atoms with E-state index in [2.05, 4.69) is 59.8 Å². The molecule has 3 atom stereocenters. The second-order valence-electron chi connectivity index (χ2n) is 13.1. The van der Waals surface area contributed by atoms with E-state index in [9.17, 15) is 15.3 Å². The molecular weight excluding hydrogens is 601 g/mol. The van der Waals surface area contributed by atoms with Crippen molar-refractivity contribution >= 4 is 0 Å². The van der Waals surface area contributed by atoms with Crippen LogP contribution in [0.1, 0.15) is 173 Å². The molecule has 0 aromatic carbocycles. The van der Waals surface area contributed by atoms with Crippen LogP contribution < -0.4 is 0 Å². The van der Waals surface area contributed by atoms with Crippen molar-refractivity contribution in [3.05, 3.63) is 48.6 Å². The molecule has 3 nitrogen and oxygen atoms in total. The molecule has 0 spiro atoms. The molecule has 0 amide bonds. The van der Waals surface area contributed by atoms with Crippen molar-refractivity contribution in [2.45, 2.75) is 192 Å². The summed E-state index contributed by atoms with van der Waals surface area (Å²) in [5.74, 6) is 16.5. The highest BCUT2D eigenvalue weighted by Gasteiger charge is 1.99. The second-order valence-corrected chi connectivity index (χ2v) is 13.1. The van der Waals surface area contributed by atoms with Crippen LogP contribution in [0.4, 0.5) is 0 Å². The average molecular weight is 671 g/mol. The Morgan fingerprint density at radius 1 is 0.449 bits per heavy atom. The summed E-state index contributed by atoms with van der Waals surface area (Å²) in [6, 6.07) is 0. The molecule has 0 radical (unpaired) electrons. The van der Waals surface area contributed by atoms with Gasteiger partial charge in [0, 0.05) is 12.8 Å². The van der Waals surface area contributed by atoms with E-state index in [0.717, 1.165) is 83.5 Å². The molecule has 0 saturated carbocycles. The van der Waals surface area contributed by atoms with Gasteiger partial charge in [-0.25, -0.2) is 0 Å². The lowest BCUT2D eigenvalue weighted by Crippen LogP contribution is -2.01. The van der Waals surface area contributed by atoms with Gasteiger partial charge in [0.1, 0.15) is 6.10 Å². The first-order valence-corrected chi connectivity index (χ1v) is 19.7. The lowest BCUT2D eigenvalue weighted by atomic mass is 10.0. The molecular formula is C46H70O3. The largest absolute Gasteiger partial charge is 0.389 e. The Balaban J connectivity index is 3.52. The highest BCUT2D eigenvalue weighted by Crippen LogP contribution is 2.14. The van der Waals surface area contributed by atoms with Gasteiger partial charge in [-0.3, -0.25) is 0 Å². The van der Waals surface area contributed by atoms with E-state index in [1.807, 2.05) is 18.2 Å². The molecule has 0 unspecified atom stereocenters. The number of aliphatic hydroxyl groups is 3. The van der Waals surface area contributed by atoms with Crippen molar-refractivity contribution in [2.75, 3.05) is 0 Å². The van der Waals surface area contributed by atoms with E-state index in [-0.39, 0.29) is 6.10 Å². The van der Waals surface area contributed by atoms with Crippen molar-refractivity contribution < 1.29 is 15.3 Å². The molecule has 0 aromatic rings. The molecule has 0 rings (SSSR count). The maximum atomic E-state index is 10.2. The molecule has 0 aliphatic heterocycles. The summed E-state index contributed by atoms with van der Waals surface area (Å²) in [6.07, 6.45) is 55.7. The number of rotatable bonds is 31. The topological polar surface area (TPSA) is 60.7 Å². The van der Waals surface area contributed by atoms with Crippen LogP contribution in [0, 0.1) is 48.4 Å². The van der Waals surface area contributed by atoms with Crippen LogP contribution >= 0.6 is 0 Å². The van der Waals surface area contributed by atoms with Crippen LogP contribution in [0.2, 0.25) is 0 Å². The van der Waals surface area contributed by atoms with Crippen molar-refractivity contribution in [1.29, 1.82) is 0 Å². The van der Waals surface area contributed by atoms with Crippen LogP contribution in [0.5, 0.6) is 0 Å². The van der Waals surface area contributed by atoms with Gasteiger partial charge in [-0.15, -0.1) is 12.8 Å². The molecule has 0 fully saturated rings. The normalized spacial score (nSPS) is 13.2. The first-order valence-electron chi connectivity index (χ1n) is 19.7. The third-order valence-corrected chi connectivity index (χ3v) is 8.41.